The largest absolute Gasteiger partial charge is 0.489 e. The predicted molar refractivity (Wildman–Crippen MR) is 77.1 cm³/mol. The summed E-state index contributed by atoms with van der Waals surface area (Å²) in [6.07, 6.45) is -0.930. The molecule has 2 N–H and O–H groups in total. The molecule has 0 saturated carbocycles. The molecule has 0 amide bonds. The molecule has 0 spiro atoms. The summed E-state index contributed by atoms with van der Waals surface area (Å²) in [6, 6.07) is 17.0. The number of rotatable bonds is 5. The number of benzene rings is 2. The van der Waals surface area contributed by atoms with Gasteiger partial charge in [-0.3, -0.25) is 0 Å². The van der Waals surface area contributed by atoms with E-state index in [1.54, 1.807) is 25.1 Å². The summed E-state index contributed by atoms with van der Waals surface area (Å²) in [6.45, 7) is 2.02. The molecule has 2 aromatic carbocycles. The molecule has 1 atom stereocenters. The topological polar surface area (TPSA) is 62.1 Å². The van der Waals surface area contributed by atoms with E-state index in [9.17, 15) is 5.11 Å². The van der Waals surface area contributed by atoms with E-state index in [4.69, 9.17) is 9.94 Å². The van der Waals surface area contributed by atoms with Crippen LogP contribution in [0.15, 0.2) is 59.8 Å². The van der Waals surface area contributed by atoms with Gasteiger partial charge in [0.2, 0.25) is 0 Å². The Morgan fingerprint density at radius 3 is 2.60 bits per heavy atom. The first-order valence-electron chi connectivity index (χ1n) is 6.34. The van der Waals surface area contributed by atoms with Gasteiger partial charge in [-0.25, -0.2) is 0 Å². The van der Waals surface area contributed by atoms with E-state index in [0.717, 1.165) is 5.56 Å². The zero-order valence-electron chi connectivity index (χ0n) is 11.2. The monoisotopic (exact) mass is 271 g/mol. The fourth-order valence-corrected chi connectivity index (χ4v) is 1.81. The third kappa shape index (κ3) is 3.59. The molecule has 1 unspecified atom stereocenters. The van der Waals surface area contributed by atoms with E-state index in [0.29, 0.717) is 17.9 Å². The normalized spacial score (nSPS) is 13.0. The zero-order valence-corrected chi connectivity index (χ0v) is 11.2. The van der Waals surface area contributed by atoms with Crippen LogP contribution in [0.25, 0.3) is 0 Å². The Labute approximate surface area is 117 Å². The highest BCUT2D eigenvalue weighted by atomic mass is 16.5. The Kier molecular flexibility index (Phi) is 4.74. The molecule has 2 rings (SSSR count). The van der Waals surface area contributed by atoms with Crippen molar-refractivity contribution in [3.8, 4) is 5.75 Å². The van der Waals surface area contributed by atoms with Crippen molar-refractivity contribution in [2.75, 3.05) is 0 Å². The quantitative estimate of drug-likeness (QED) is 0.499. The summed E-state index contributed by atoms with van der Waals surface area (Å²) in [5.74, 6) is 0.663. The summed E-state index contributed by atoms with van der Waals surface area (Å²) < 4.78 is 5.68. The molecule has 0 saturated heterocycles. The highest BCUT2D eigenvalue weighted by molar-refractivity contribution is 5.86. The SMILES string of the molecule is C/C(=N\O)C(O)c1cccc(OCc2ccccc2)c1. The average molecular weight is 271 g/mol. The van der Waals surface area contributed by atoms with Crippen LogP contribution in [0.5, 0.6) is 5.75 Å². The molecule has 0 aliphatic rings. The first kappa shape index (κ1) is 14.1. The number of hydrogen-bond acceptors (Lipinski definition) is 4. The van der Waals surface area contributed by atoms with Crippen molar-refractivity contribution in [1.29, 1.82) is 0 Å². The second kappa shape index (κ2) is 6.73. The van der Waals surface area contributed by atoms with Crippen molar-refractivity contribution >= 4 is 5.71 Å². The smallest absolute Gasteiger partial charge is 0.120 e. The molecule has 2 aromatic rings. The lowest BCUT2D eigenvalue weighted by molar-refractivity contribution is 0.233. The number of ether oxygens (including phenoxy) is 1. The van der Waals surface area contributed by atoms with Gasteiger partial charge in [0.15, 0.2) is 0 Å². The highest BCUT2D eigenvalue weighted by Crippen LogP contribution is 2.21. The third-order valence-corrected chi connectivity index (χ3v) is 2.98. The van der Waals surface area contributed by atoms with Gasteiger partial charge in [-0.05, 0) is 30.2 Å². The van der Waals surface area contributed by atoms with Crippen LogP contribution in [-0.4, -0.2) is 16.0 Å². The molecule has 0 aliphatic carbocycles. The minimum Gasteiger partial charge on any atom is -0.489 e. The van der Waals surface area contributed by atoms with Gasteiger partial charge < -0.3 is 15.1 Å². The second-order valence-electron chi connectivity index (χ2n) is 4.49. The fourth-order valence-electron chi connectivity index (χ4n) is 1.81. The lowest BCUT2D eigenvalue weighted by Crippen LogP contribution is -2.08. The molecule has 0 aromatic heterocycles. The maximum absolute atomic E-state index is 9.95. The standard InChI is InChI=1S/C16H17NO3/c1-12(17-19)16(18)14-8-5-9-15(10-14)20-11-13-6-3-2-4-7-13/h2-10,16,18-19H,11H2,1H3/b17-12+. The van der Waals surface area contributed by atoms with Gasteiger partial charge in [0.1, 0.15) is 18.5 Å². The van der Waals surface area contributed by atoms with Gasteiger partial charge in [0.05, 0.1) is 5.71 Å². The maximum Gasteiger partial charge on any atom is 0.120 e. The third-order valence-electron chi connectivity index (χ3n) is 2.98. The predicted octanol–water partition coefficient (Wildman–Crippen LogP) is 3.15. The number of aliphatic hydroxyl groups is 1. The van der Waals surface area contributed by atoms with E-state index >= 15 is 0 Å². The molecule has 0 radical (unpaired) electrons. The lowest BCUT2D eigenvalue weighted by Gasteiger charge is -2.12. The van der Waals surface area contributed by atoms with E-state index in [1.165, 1.54) is 0 Å². The first-order chi connectivity index (χ1) is 9.70. The van der Waals surface area contributed by atoms with Gasteiger partial charge in [0, 0.05) is 0 Å². The Hall–Kier alpha value is -2.33. The number of aliphatic hydroxyl groups excluding tert-OH is 1. The van der Waals surface area contributed by atoms with E-state index in [1.807, 2.05) is 36.4 Å². The van der Waals surface area contributed by atoms with Crippen LogP contribution >= 0.6 is 0 Å². The maximum atomic E-state index is 9.95. The average Bonchev–Trinajstić information content (AvgIpc) is 2.52. The Morgan fingerprint density at radius 1 is 1.15 bits per heavy atom. The van der Waals surface area contributed by atoms with Crippen LogP contribution in [-0.2, 0) is 6.61 Å². The van der Waals surface area contributed by atoms with Gasteiger partial charge in [0.25, 0.3) is 0 Å². The van der Waals surface area contributed by atoms with E-state index in [-0.39, 0.29) is 5.71 Å². The van der Waals surface area contributed by atoms with E-state index < -0.39 is 6.10 Å². The molecule has 0 heterocycles. The molecule has 4 heteroatoms. The lowest BCUT2D eigenvalue weighted by atomic mass is 10.1. The fraction of sp³-hybridized carbons (Fsp3) is 0.188. The van der Waals surface area contributed by atoms with Crippen molar-refractivity contribution in [3.05, 3.63) is 65.7 Å². The summed E-state index contributed by atoms with van der Waals surface area (Å²) in [5, 5.41) is 21.7. The summed E-state index contributed by atoms with van der Waals surface area (Å²) in [5.41, 5.74) is 1.95. The molecule has 4 nitrogen and oxygen atoms in total. The first-order valence-corrected chi connectivity index (χ1v) is 6.34. The van der Waals surface area contributed by atoms with Gasteiger partial charge in [-0.2, -0.15) is 0 Å². The second-order valence-corrected chi connectivity index (χ2v) is 4.49. The number of nitrogens with zero attached hydrogens (tertiary/aromatic N) is 1. The van der Waals surface area contributed by atoms with Crippen molar-refractivity contribution in [3.63, 3.8) is 0 Å². The van der Waals surface area contributed by atoms with Gasteiger partial charge >= 0.3 is 0 Å². The zero-order chi connectivity index (χ0) is 14.4. The van der Waals surface area contributed by atoms with Crippen LogP contribution in [0.3, 0.4) is 0 Å². The van der Waals surface area contributed by atoms with Crippen molar-refractivity contribution in [2.24, 2.45) is 5.16 Å². The Bertz CT molecular complexity index is 581. The Balaban J connectivity index is 2.06. The van der Waals surface area contributed by atoms with Gasteiger partial charge in [-0.15, -0.1) is 0 Å². The van der Waals surface area contributed by atoms with Gasteiger partial charge in [-0.1, -0.05) is 47.6 Å². The van der Waals surface area contributed by atoms with Crippen LogP contribution in [0.4, 0.5) is 0 Å². The van der Waals surface area contributed by atoms with Crippen LogP contribution in [0.1, 0.15) is 24.2 Å². The molecule has 20 heavy (non-hydrogen) atoms. The number of hydrogen-bond donors (Lipinski definition) is 2. The van der Waals surface area contributed by atoms with Crippen LogP contribution < -0.4 is 4.74 Å². The number of oxime groups is 1. The van der Waals surface area contributed by atoms with E-state index in [2.05, 4.69) is 5.16 Å². The van der Waals surface area contributed by atoms with Crippen LogP contribution in [0.2, 0.25) is 0 Å². The molecule has 0 aliphatic heterocycles. The summed E-state index contributed by atoms with van der Waals surface area (Å²) in [4.78, 5) is 0. The highest BCUT2D eigenvalue weighted by Gasteiger charge is 2.12. The molecular formula is C16H17NO3. The van der Waals surface area contributed by atoms with Crippen molar-refractivity contribution < 1.29 is 15.1 Å². The molecular weight excluding hydrogens is 254 g/mol. The summed E-state index contributed by atoms with van der Waals surface area (Å²) >= 11 is 0. The molecule has 0 fully saturated rings. The minimum atomic E-state index is -0.930. The van der Waals surface area contributed by atoms with Crippen LogP contribution in [0, 0.1) is 0 Å². The molecule has 104 valence electrons. The van der Waals surface area contributed by atoms with Crippen molar-refractivity contribution in [1.82, 2.24) is 0 Å². The minimum absolute atomic E-state index is 0.241. The Morgan fingerprint density at radius 2 is 1.90 bits per heavy atom. The summed E-state index contributed by atoms with van der Waals surface area (Å²) in [7, 11) is 0. The van der Waals surface area contributed by atoms with Crippen molar-refractivity contribution in [2.45, 2.75) is 19.6 Å². The molecule has 0 bridgehead atoms.